The first kappa shape index (κ1) is 31.8. The number of allylic oxidation sites excluding steroid dienone is 2. The SMILES string of the molecule is COC(=O)C(NC(=O)NCCN=C1CC=C(OCC2COC(Cn3ccnc3)(c3ccc(Cl)cc3Cl)O2)CC1)C(C)C. The fourth-order valence-electron chi connectivity index (χ4n) is 4.75. The molecule has 2 heterocycles. The molecule has 3 unspecified atom stereocenters. The van der Waals surface area contributed by atoms with Crippen LogP contribution < -0.4 is 10.6 Å². The molecule has 11 nitrogen and oxygen atoms in total. The maximum absolute atomic E-state index is 12.1. The number of hydrogen-bond acceptors (Lipinski definition) is 8. The molecule has 1 saturated heterocycles. The smallest absolute Gasteiger partial charge is 0.328 e. The molecule has 1 fully saturated rings. The second-order valence-corrected chi connectivity index (χ2v) is 11.3. The van der Waals surface area contributed by atoms with E-state index in [2.05, 4.69) is 20.6 Å². The predicted octanol–water partition coefficient (Wildman–Crippen LogP) is 4.48. The number of rotatable bonds is 12. The number of amides is 2. The third-order valence-electron chi connectivity index (χ3n) is 6.97. The first-order valence-electron chi connectivity index (χ1n) is 13.9. The van der Waals surface area contributed by atoms with E-state index in [1.807, 2.05) is 36.8 Å². The Bertz CT molecular complexity index is 1290. The van der Waals surface area contributed by atoms with E-state index >= 15 is 0 Å². The number of methoxy groups -OCH3 is 1. The minimum absolute atomic E-state index is 0.0894. The number of urea groups is 1. The van der Waals surface area contributed by atoms with Gasteiger partial charge in [0.1, 0.15) is 18.8 Å². The molecule has 0 bridgehead atoms. The number of carbonyl (C=O) groups is 2. The average molecular weight is 623 g/mol. The van der Waals surface area contributed by atoms with E-state index in [4.69, 9.17) is 42.1 Å². The Morgan fingerprint density at radius 1 is 1.29 bits per heavy atom. The molecule has 2 amide bonds. The summed E-state index contributed by atoms with van der Waals surface area (Å²) in [4.78, 5) is 32.7. The van der Waals surface area contributed by atoms with Crippen LogP contribution in [0.15, 0.2) is 53.7 Å². The minimum Gasteiger partial charge on any atom is -0.495 e. The van der Waals surface area contributed by atoms with Crippen LogP contribution in [0.3, 0.4) is 0 Å². The topological polar surface area (TPSA) is 125 Å². The van der Waals surface area contributed by atoms with Crippen LogP contribution >= 0.6 is 23.2 Å². The van der Waals surface area contributed by atoms with Gasteiger partial charge in [-0.1, -0.05) is 43.1 Å². The van der Waals surface area contributed by atoms with Crippen molar-refractivity contribution in [3.63, 3.8) is 0 Å². The maximum atomic E-state index is 12.1. The molecule has 2 N–H and O–H groups in total. The fourth-order valence-corrected chi connectivity index (χ4v) is 5.31. The largest absolute Gasteiger partial charge is 0.495 e. The number of hydrogen-bond donors (Lipinski definition) is 2. The molecule has 0 radical (unpaired) electrons. The molecule has 1 aromatic heterocycles. The molecule has 1 aliphatic heterocycles. The third kappa shape index (κ3) is 8.47. The number of nitrogens with one attached hydrogen (secondary N) is 2. The summed E-state index contributed by atoms with van der Waals surface area (Å²) in [7, 11) is 1.30. The summed E-state index contributed by atoms with van der Waals surface area (Å²) in [6.07, 6.45) is 9.12. The Kier molecular flexibility index (Phi) is 11.3. The molecule has 4 rings (SSSR count). The zero-order valence-corrected chi connectivity index (χ0v) is 25.5. The van der Waals surface area contributed by atoms with Crippen molar-refractivity contribution < 1.29 is 28.5 Å². The lowest BCUT2D eigenvalue weighted by molar-refractivity contribution is -0.190. The Morgan fingerprint density at radius 3 is 2.79 bits per heavy atom. The van der Waals surface area contributed by atoms with Crippen molar-refractivity contribution >= 4 is 40.9 Å². The van der Waals surface area contributed by atoms with E-state index in [0.29, 0.717) is 54.9 Å². The van der Waals surface area contributed by atoms with Gasteiger partial charge in [-0.15, -0.1) is 0 Å². The third-order valence-corrected chi connectivity index (χ3v) is 7.52. The summed E-state index contributed by atoms with van der Waals surface area (Å²) in [5.74, 6) is -0.779. The minimum atomic E-state index is -1.10. The highest BCUT2D eigenvalue weighted by atomic mass is 35.5. The normalized spacial score (nSPS) is 22.1. The van der Waals surface area contributed by atoms with Gasteiger partial charge in [0.15, 0.2) is 0 Å². The summed E-state index contributed by atoms with van der Waals surface area (Å²) in [5, 5.41) is 6.37. The summed E-state index contributed by atoms with van der Waals surface area (Å²) >= 11 is 12.7. The molecule has 1 aromatic carbocycles. The van der Waals surface area contributed by atoms with Gasteiger partial charge in [0, 0.05) is 48.1 Å². The van der Waals surface area contributed by atoms with E-state index in [-0.39, 0.29) is 12.0 Å². The summed E-state index contributed by atoms with van der Waals surface area (Å²) in [6.45, 7) is 5.51. The van der Waals surface area contributed by atoms with Gasteiger partial charge >= 0.3 is 12.0 Å². The number of halogens is 2. The van der Waals surface area contributed by atoms with Gasteiger partial charge in [0.05, 0.1) is 43.9 Å². The maximum Gasteiger partial charge on any atom is 0.328 e. The Balaban J connectivity index is 1.24. The van der Waals surface area contributed by atoms with Crippen LogP contribution in [0.25, 0.3) is 0 Å². The molecule has 1 aliphatic carbocycles. The number of ether oxygens (including phenoxy) is 4. The highest BCUT2D eigenvalue weighted by molar-refractivity contribution is 6.35. The first-order chi connectivity index (χ1) is 20.2. The number of esters is 1. The molecule has 13 heteroatoms. The lowest BCUT2D eigenvalue weighted by atomic mass is 10.0. The molecular weight excluding hydrogens is 585 g/mol. The Labute approximate surface area is 255 Å². The van der Waals surface area contributed by atoms with Gasteiger partial charge < -0.3 is 34.1 Å². The van der Waals surface area contributed by atoms with Crippen LogP contribution in [0.5, 0.6) is 0 Å². The van der Waals surface area contributed by atoms with Gasteiger partial charge in [0.25, 0.3) is 0 Å². The quantitative estimate of drug-likeness (QED) is 0.264. The molecular formula is C29H37Cl2N5O6. The Morgan fingerprint density at radius 2 is 2.12 bits per heavy atom. The monoisotopic (exact) mass is 621 g/mol. The number of nitrogens with zero attached hydrogens (tertiary/aromatic N) is 3. The molecule has 228 valence electrons. The zero-order valence-electron chi connectivity index (χ0n) is 24.0. The summed E-state index contributed by atoms with van der Waals surface area (Å²) in [5.41, 5.74) is 1.73. The highest BCUT2D eigenvalue weighted by Crippen LogP contribution is 2.40. The van der Waals surface area contributed by atoms with Crippen molar-refractivity contribution in [2.75, 3.05) is 33.4 Å². The van der Waals surface area contributed by atoms with Gasteiger partial charge in [-0.2, -0.15) is 0 Å². The molecule has 2 aromatic rings. The van der Waals surface area contributed by atoms with E-state index in [0.717, 1.165) is 24.3 Å². The lowest BCUT2D eigenvalue weighted by Crippen LogP contribution is -2.49. The van der Waals surface area contributed by atoms with Gasteiger partial charge in [-0.05, 0) is 30.5 Å². The van der Waals surface area contributed by atoms with Crippen molar-refractivity contribution in [1.82, 2.24) is 20.2 Å². The van der Waals surface area contributed by atoms with Gasteiger partial charge in [-0.25, -0.2) is 14.6 Å². The van der Waals surface area contributed by atoms with Crippen molar-refractivity contribution in [2.24, 2.45) is 10.9 Å². The van der Waals surface area contributed by atoms with Gasteiger partial charge in [0.2, 0.25) is 5.79 Å². The van der Waals surface area contributed by atoms with Crippen LogP contribution in [-0.2, 0) is 36.1 Å². The lowest BCUT2D eigenvalue weighted by Gasteiger charge is -2.30. The van der Waals surface area contributed by atoms with Crippen LogP contribution in [0.2, 0.25) is 10.0 Å². The van der Waals surface area contributed by atoms with E-state index in [1.165, 1.54) is 7.11 Å². The van der Waals surface area contributed by atoms with Crippen molar-refractivity contribution in [2.45, 2.75) is 57.6 Å². The van der Waals surface area contributed by atoms with Crippen molar-refractivity contribution in [3.05, 3.63) is 64.4 Å². The van der Waals surface area contributed by atoms with Crippen molar-refractivity contribution in [3.8, 4) is 0 Å². The standard InChI is InChI=1S/C29H37Cl2N5O6/c1-19(2)26(27(37)39-3)35-28(38)34-11-10-33-21-5-7-22(8-6-21)40-15-23-16-41-29(42-23,17-36-13-12-32-18-36)24-9-4-20(30)14-25(24)31/h4,7,9,12-14,18-19,23,26H,5-6,8,10-11,15-17H2,1-3H3,(H2,34,35,38). The van der Waals surface area contributed by atoms with Crippen LogP contribution in [0.1, 0.15) is 38.7 Å². The Hall–Kier alpha value is -3.12. The molecule has 0 spiro atoms. The number of carbonyl (C=O) groups excluding carboxylic acids is 2. The molecule has 3 atom stereocenters. The molecule has 2 aliphatic rings. The second kappa shape index (κ2) is 14.9. The number of benzene rings is 1. The first-order valence-corrected chi connectivity index (χ1v) is 14.6. The molecule has 42 heavy (non-hydrogen) atoms. The summed E-state index contributed by atoms with van der Waals surface area (Å²) in [6, 6.07) is 4.13. The molecule has 0 saturated carbocycles. The van der Waals surface area contributed by atoms with Crippen molar-refractivity contribution in [1.29, 1.82) is 0 Å². The van der Waals surface area contributed by atoms with Crippen LogP contribution in [0, 0.1) is 5.92 Å². The number of aliphatic imine (C=N–C) groups is 1. The highest BCUT2D eigenvalue weighted by Gasteiger charge is 2.45. The second-order valence-electron chi connectivity index (χ2n) is 10.4. The fraction of sp³-hybridized carbons (Fsp3) is 0.517. The predicted molar refractivity (Wildman–Crippen MR) is 159 cm³/mol. The van der Waals surface area contributed by atoms with Crippen LogP contribution in [0.4, 0.5) is 4.79 Å². The van der Waals surface area contributed by atoms with E-state index in [1.54, 1.807) is 24.7 Å². The van der Waals surface area contributed by atoms with Crippen LogP contribution in [-0.4, -0.2) is 72.8 Å². The van der Waals surface area contributed by atoms with Gasteiger partial charge in [-0.3, -0.25) is 4.99 Å². The number of imidazole rings is 1. The van der Waals surface area contributed by atoms with E-state index < -0.39 is 23.8 Å². The zero-order chi connectivity index (χ0) is 30.1. The average Bonchev–Trinajstić information content (AvgIpc) is 3.63. The number of aromatic nitrogens is 2. The summed E-state index contributed by atoms with van der Waals surface area (Å²) < 4.78 is 25.4. The van der Waals surface area contributed by atoms with E-state index in [9.17, 15) is 9.59 Å².